The Morgan fingerprint density at radius 2 is 2.33 bits per heavy atom. The van der Waals surface area contributed by atoms with Crippen molar-refractivity contribution in [3.63, 3.8) is 0 Å². The van der Waals surface area contributed by atoms with E-state index in [1.807, 2.05) is 0 Å². The Balaban J connectivity index is 2.17. The molecule has 0 saturated heterocycles. The van der Waals surface area contributed by atoms with Gasteiger partial charge < -0.3 is 9.15 Å². The van der Waals surface area contributed by atoms with Crippen molar-refractivity contribution in [2.45, 2.75) is 18.8 Å². The summed E-state index contributed by atoms with van der Waals surface area (Å²) in [5, 5.41) is 7.29. The summed E-state index contributed by atoms with van der Waals surface area (Å²) in [4.78, 5) is 10.9. The van der Waals surface area contributed by atoms with E-state index in [0.29, 0.717) is 11.8 Å². The number of nitrogens with zero attached hydrogens (tertiary/aromatic N) is 2. The maximum absolute atomic E-state index is 10.9. The molecule has 0 amide bonds. The van der Waals surface area contributed by atoms with Gasteiger partial charge in [-0.3, -0.25) is 0 Å². The van der Waals surface area contributed by atoms with Crippen LogP contribution in [0, 0.1) is 0 Å². The Labute approximate surface area is 68.7 Å². The lowest BCUT2D eigenvalue weighted by Crippen LogP contribution is -2.00. The summed E-state index contributed by atoms with van der Waals surface area (Å²) in [6.07, 6.45) is 2.14. The van der Waals surface area contributed by atoms with E-state index >= 15 is 0 Å². The molecule has 0 atom stereocenters. The Morgan fingerprint density at radius 1 is 1.58 bits per heavy atom. The van der Waals surface area contributed by atoms with Gasteiger partial charge in [-0.1, -0.05) is 0 Å². The van der Waals surface area contributed by atoms with Crippen LogP contribution in [-0.2, 0) is 4.74 Å². The van der Waals surface area contributed by atoms with E-state index in [4.69, 9.17) is 4.42 Å². The number of esters is 1. The molecule has 1 aliphatic rings. The highest BCUT2D eigenvalue weighted by atomic mass is 16.5. The normalized spacial score (nSPS) is 16.1. The fourth-order valence-corrected chi connectivity index (χ4v) is 0.900. The van der Waals surface area contributed by atoms with E-state index in [1.54, 1.807) is 0 Å². The van der Waals surface area contributed by atoms with Gasteiger partial charge in [-0.25, -0.2) is 4.79 Å². The van der Waals surface area contributed by atoms with Crippen molar-refractivity contribution in [2.24, 2.45) is 0 Å². The molecule has 2 rings (SSSR count). The molecule has 1 heterocycles. The van der Waals surface area contributed by atoms with Crippen LogP contribution in [0.2, 0.25) is 0 Å². The third-order valence-corrected chi connectivity index (χ3v) is 1.73. The first kappa shape index (κ1) is 7.27. The van der Waals surface area contributed by atoms with E-state index in [9.17, 15) is 4.79 Å². The first-order valence-electron chi connectivity index (χ1n) is 3.73. The maximum Gasteiger partial charge on any atom is 0.396 e. The second-order valence-electron chi connectivity index (χ2n) is 2.71. The van der Waals surface area contributed by atoms with Gasteiger partial charge >= 0.3 is 11.9 Å². The van der Waals surface area contributed by atoms with Crippen molar-refractivity contribution in [1.82, 2.24) is 10.2 Å². The van der Waals surface area contributed by atoms with Crippen LogP contribution in [0.4, 0.5) is 0 Å². The largest absolute Gasteiger partial charge is 0.462 e. The minimum absolute atomic E-state index is 0.0561. The number of methoxy groups -OCH3 is 1. The lowest BCUT2D eigenvalue weighted by Gasteiger charge is -1.88. The molecule has 12 heavy (non-hydrogen) atoms. The summed E-state index contributed by atoms with van der Waals surface area (Å²) >= 11 is 0. The van der Waals surface area contributed by atoms with Gasteiger partial charge in [0.15, 0.2) is 0 Å². The minimum Gasteiger partial charge on any atom is -0.462 e. The van der Waals surface area contributed by atoms with Crippen molar-refractivity contribution in [1.29, 1.82) is 0 Å². The van der Waals surface area contributed by atoms with E-state index in [2.05, 4.69) is 14.9 Å². The SMILES string of the molecule is COC(=O)c1nnc(C2CC2)o1. The average Bonchev–Trinajstić information content (AvgIpc) is 2.83. The van der Waals surface area contributed by atoms with Crippen molar-refractivity contribution < 1.29 is 13.9 Å². The molecule has 0 N–H and O–H groups in total. The molecule has 0 radical (unpaired) electrons. The second-order valence-corrected chi connectivity index (χ2v) is 2.71. The van der Waals surface area contributed by atoms with Crippen LogP contribution >= 0.6 is 0 Å². The van der Waals surface area contributed by atoms with Gasteiger partial charge in [0.1, 0.15) is 0 Å². The molecule has 0 spiro atoms. The highest BCUT2D eigenvalue weighted by Crippen LogP contribution is 2.38. The van der Waals surface area contributed by atoms with Crippen molar-refractivity contribution in [3.8, 4) is 0 Å². The van der Waals surface area contributed by atoms with Crippen LogP contribution in [0.1, 0.15) is 35.3 Å². The molecule has 5 nitrogen and oxygen atoms in total. The molecule has 1 aliphatic carbocycles. The molecule has 5 heteroatoms. The van der Waals surface area contributed by atoms with Gasteiger partial charge in [0, 0.05) is 5.92 Å². The fraction of sp³-hybridized carbons (Fsp3) is 0.571. The smallest absolute Gasteiger partial charge is 0.396 e. The van der Waals surface area contributed by atoms with Crippen molar-refractivity contribution in [2.75, 3.05) is 7.11 Å². The number of aromatic nitrogens is 2. The number of carbonyl (C=O) groups excluding carboxylic acids is 1. The van der Waals surface area contributed by atoms with E-state index in [-0.39, 0.29) is 5.89 Å². The van der Waals surface area contributed by atoms with Crippen LogP contribution < -0.4 is 0 Å². The number of carbonyl (C=O) groups is 1. The average molecular weight is 168 g/mol. The van der Waals surface area contributed by atoms with Crippen molar-refractivity contribution in [3.05, 3.63) is 11.8 Å². The van der Waals surface area contributed by atoms with E-state index < -0.39 is 5.97 Å². The molecule has 1 aromatic heterocycles. The van der Waals surface area contributed by atoms with E-state index in [1.165, 1.54) is 7.11 Å². The zero-order valence-electron chi connectivity index (χ0n) is 6.61. The van der Waals surface area contributed by atoms with Crippen LogP contribution in [0.3, 0.4) is 0 Å². The number of hydrogen-bond donors (Lipinski definition) is 0. The third kappa shape index (κ3) is 1.17. The van der Waals surface area contributed by atoms with Gasteiger partial charge in [-0.2, -0.15) is 0 Å². The highest BCUT2D eigenvalue weighted by Gasteiger charge is 2.30. The fourth-order valence-electron chi connectivity index (χ4n) is 0.900. The zero-order chi connectivity index (χ0) is 8.55. The molecule has 0 aromatic carbocycles. The first-order valence-corrected chi connectivity index (χ1v) is 3.73. The Morgan fingerprint density at radius 3 is 2.92 bits per heavy atom. The van der Waals surface area contributed by atoms with Crippen LogP contribution in [0.25, 0.3) is 0 Å². The second kappa shape index (κ2) is 2.58. The van der Waals surface area contributed by atoms with Gasteiger partial charge in [0.25, 0.3) is 0 Å². The highest BCUT2D eigenvalue weighted by molar-refractivity contribution is 5.83. The molecule has 64 valence electrons. The molecule has 1 fully saturated rings. The van der Waals surface area contributed by atoms with Crippen LogP contribution in [-0.4, -0.2) is 23.3 Å². The van der Waals surface area contributed by atoms with Gasteiger partial charge in [0.05, 0.1) is 7.11 Å². The van der Waals surface area contributed by atoms with Crippen LogP contribution in [0.5, 0.6) is 0 Å². The lowest BCUT2D eigenvalue weighted by atomic mass is 10.4. The topological polar surface area (TPSA) is 65.2 Å². The Hall–Kier alpha value is -1.39. The zero-order valence-corrected chi connectivity index (χ0v) is 6.61. The summed E-state index contributed by atoms with van der Waals surface area (Å²) in [5.41, 5.74) is 0. The first-order chi connectivity index (χ1) is 5.81. The lowest BCUT2D eigenvalue weighted by molar-refractivity contribution is 0.0554. The van der Waals surface area contributed by atoms with Gasteiger partial charge in [-0.15, -0.1) is 10.2 Å². The van der Waals surface area contributed by atoms with Gasteiger partial charge in [0.2, 0.25) is 5.89 Å². The molecular weight excluding hydrogens is 160 g/mol. The summed E-state index contributed by atoms with van der Waals surface area (Å²) < 4.78 is 9.48. The molecule has 1 aromatic rings. The summed E-state index contributed by atoms with van der Waals surface area (Å²) in [6.45, 7) is 0. The van der Waals surface area contributed by atoms with Crippen molar-refractivity contribution >= 4 is 5.97 Å². The minimum atomic E-state index is -0.575. The third-order valence-electron chi connectivity index (χ3n) is 1.73. The summed E-state index contributed by atoms with van der Waals surface area (Å²) in [6, 6.07) is 0. The van der Waals surface area contributed by atoms with Gasteiger partial charge in [-0.05, 0) is 12.8 Å². The number of hydrogen-bond acceptors (Lipinski definition) is 5. The predicted octanol–water partition coefficient (Wildman–Crippen LogP) is 0.734. The number of ether oxygens (including phenoxy) is 1. The molecule has 0 aliphatic heterocycles. The van der Waals surface area contributed by atoms with Crippen LogP contribution in [0.15, 0.2) is 4.42 Å². The quantitative estimate of drug-likeness (QED) is 0.609. The Bertz CT molecular complexity index is 303. The molecule has 1 saturated carbocycles. The summed E-state index contributed by atoms with van der Waals surface area (Å²) in [5.74, 6) is 0.292. The predicted molar refractivity (Wildman–Crippen MR) is 37.6 cm³/mol. The molecular formula is C7H8N2O3. The molecule has 0 bridgehead atoms. The maximum atomic E-state index is 10.9. The Kier molecular flexibility index (Phi) is 1.56. The standard InChI is InChI=1S/C7H8N2O3/c1-11-7(10)6-9-8-5(12-6)4-2-3-4/h4H,2-3H2,1H3. The number of rotatable bonds is 2. The monoisotopic (exact) mass is 168 g/mol. The summed E-state index contributed by atoms with van der Waals surface area (Å²) in [7, 11) is 1.28. The van der Waals surface area contributed by atoms with E-state index in [0.717, 1.165) is 12.8 Å². The molecule has 0 unspecified atom stereocenters.